The topological polar surface area (TPSA) is 70.7 Å². The fourth-order valence-corrected chi connectivity index (χ4v) is 4.00. The number of amides is 3. The number of carbonyl (C=O) groups excluding carboxylic acids is 2. The third kappa shape index (κ3) is 6.23. The number of hydrogen-bond donors (Lipinski definition) is 2. The van der Waals surface area contributed by atoms with Crippen molar-refractivity contribution in [3.05, 3.63) is 58.1 Å². The van der Waals surface area contributed by atoms with Gasteiger partial charge in [-0.2, -0.15) is 0 Å². The average molecular weight is 474 g/mol. The number of aryl methyl sites for hydroxylation is 1. The Balaban J connectivity index is 1.42. The highest BCUT2D eigenvalue weighted by Crippen LogP contribution is 2.24. The molecule has 0 saturated carbocycles. The average Bonchev–Trinajstić information content (AvgIpc) is 2.74. The lowest BCUT2D eigenvalue weighted by Gasteiger charge is -2.31. The standard InChI is InChI=1S/C23H28BrN3O3/c1-16-3-6-20(7-4-16)26-23(29)27-11-9-17(10-12-27)13-22(28)25-15-18-14-19(24)5-8-21(18)30-2/h3-8,14,17H,9-13,15H2,1-2H3,(H,25,28)(H,26,29). The van der Waals surface area contributed by atoms with Gasteiger partial charge in [0, 0.05) is 41.8 Å². The van der Waals surface area contributed by atoms with Crippen LogP contribution in [0.5, 0.6) is 5.75 Å². The van der Waals surface area contributed by atoms with E-state index < -0.39 is 0 Å². The summed E-state index contributed by atoms with van der Waals surface area (Å²) in [5.74, 6) is 1.07. The first-order chi connectivity index (χ1) is 14.4. The first kappa shape index (κ1) is 22.2. The predicted octanol–water partition coefficient (Wildman–Crippen LogP) is 4.72. The molecule has 0 aromatic heterocycles. The van der Waals surface area contributed by atoms with Crippen molar-refractivity contribution in [3.63, 3.8) is 0 Å². The van der Waals surface area contributed by atoms with E-state index in [0.717, 1.165) is 39.9 Å². The molecular formula is C23H28BrN3O3. The van der Waals surface area contributed by atoms with Gasteiger partial charge in [-0.15, -0.1) is 0 Å². The monoisotopic (exact) mass is 473 g/mol. The van der Waals surface area contributed by atoms with Gasteiger partial charge in [0.2, 0.25) is 5.91 Å². The molecule has 2 aromatic carbocycles. The van der Waals surface area contributed by atoms with Gasteiger partial charge in [0.05, 0.1) is 7.11 Å². The molecule has 1 aliphatic rings. The van der Waals surface area contributed by atoms with Crippen LogP contribution >= 0.6 is 15.9 Å². The van der Waals surface area contributed by atoms with Gasteiger partial charge in [0.1, 0.15) is 5.75 Å². The van der Waals surface area contributed by atoms with Crippen LogP contribution in [0.3, 0.4) is 0 Å². The van der Waals surface area contributed by atoms with Crippen LogP contribution in [-0.2, 0) is 11.3 Å². The maximum absolute atomic E-state index is 12.4. The van der Waals surface area contributed by atoms with Crippen LogP contribution in [0.4, 0.5) is 10.5 Å². The van der Waals surface area contributed by atoms with Crippen molar-refractivity contribution in [2.24, 2.45) is 5.92 Å². The molecular weight excluding hydrogens is 446 g/mol. The molecule has 0 spiro atoms. The Bertz CT molecular complexity index is 878. The van der Waals surface area contributed by atoms with Crippen molar-refractivity contribution in [2.45, 2.75) is 32.7 Å². The Hall–Kier alpha value is -2.54. The lowest BCUT2D eigenvalue weighted by atomic mass is 9.93. The first-order valence-electron chi connectivity index (χ1n) is 10.2. The Morgan fingerprint density at radius 1 is 1.13 bits per heavy atom. The van der Waals surface area contributed by atoms with Gasteiger partial charge in [0.25, 0.3) is 0 Å². The molecule has 0 bridgehead atoms. The van der Waals surface area contributed by atoms with E-state index >= 15 is 0 Å². The Morgan fingerprint density at radius 3 is 2.50 bits per heavy atom. The number of benzene rings is 2. The Kier molecular flexibility index (Phi) is 7.74. The maximum atomic E-state index is 12.4. The summed E-state index contributed by atoms with van der Waals surface area (Å²) in [6.07, 6.45) is 2.13. The lowest BCUT2D eigenvalue weighted by molar-refractivity contribution is -0.122. The molecule has 6 nitrogen and oxygen atoms in total. The molecule has 7 heteroatoms. The van der Waals surface area contributed by atoms with Gasteiger partial charge in [-0.1, -0.05) is 33.6 Å². The van der Waals surface area contributed by atoms with Gasteiger partial charge < -0.3 is 20.3 Å². The highest BCUT2D eigenvalue weighted by Gasteiger charge is 2.24. The molecule has 1 heterocycles. The minimum Gasteiger partial charge on any atom is -0.496 e. The van der Waals surface area contributed by atoms with E-state index in [1.165, 1.54) is 0 Å². The van der Waals surface area contributed by atoms with Crippen LogP contribution in [0, 0.1) is 12.8 Å². The third-order valence-corrected chi connectivity index (χ3v) is 5.89. The number of ether oxygens (including phenoxy) is 1. The highest BCUT2D eigenvalue weighted by atomic mass is 79.9. The maximum Gasteiger partial charge on any atom is 0.321 e. The van der Waals surface area contributed by atoms with Crippen LogP contribution < -0.4 is 15.4 Å². The van der Waals surface area contributed by atoms with Gasteiger partial charge in [0.15, 0.2) is 0 Å². The second kappa shape index (κ2) is 10.5. The van der Waals surface area contributed by atoms with Crippen molar-refractivity contribution < 1.29 is 14.3 Å². The Morgan fingerprint density at radius 2 is 1.83 bits per heavy atom. The van der Waals surface area contributed by atoms with E-state index in [1.807, 2.05) is 54.3 Å². The molecule has 1 aliphatic heterocycles. The smallest absolute Gasteiger partial charge is 0.321 e. The van der Waals surface area contributed by atoms with E-state index in [4.69, 9.17) is 4.74 Å². The van der Waals surface area contributed by atoms with E-state index in [2.05, 4.69) is 26.6 Å². The summed E-state index contributed by atoms with van der Waals surface area (Å²) < 4.78 is 6.30. The zero-order valence-electron chi connectivity index (χ0n) is 17.4. The van der Waals surface area contributed by atoms with Crippen LogP contribution in [0.15, 0.2) is 46.9 Å². The van der Waals surface area contributed by atoms with E-state index in [1.54, 1.807) is 7.11 Å². The molecule has 2 N–H and O–H groups in total. The van der Waals surface area contributed by atoms with Gasteiger partial charge >= 0.3 is 6.03 Å². The number of nitrogens with one attached hydrogen (secondary N) is 2. The van der Waals surface area contributed by atoms with E-state index in [-0.39, 0.29) is 17.9 Å². The number of nitrogens with zero attached hydrogens (tertiary/aromatic N) is 1. The summed E-state index contributed by atoms with van der Waals surface area (Å²) in [5.41, 5.74) is 2.89. The van der Waals surface area contributed by atoms with Gasteiger partial charge in [-0.25, -0.2) is 4.79 Å². The minimum absolute atomic E-state index is 0.0274. The molecule has 3 rings (SSSR count). The molecule has 1 fully saturated rings. The fraction of sp³-hybridized carbons (Fsp3) is 0.391. The predicted molar refractivity (Wildman–Crippen MR) is 122 cm³/mol. The molecule has 0 radical (unpaired) electrons. The van der Waals surface area contributed by atoms with E-state index in [9.17, 15) is 9.59 Å². The van der Waals surface area contributed by atoms with Crippen molar-refractivity contribution in [2.75, 3.05) is 25.5 Å². The number of likely N-dealkylation sites (tertiary alicyclic amines) is 1. The molecule has 2 aromatic rings. The highest BCUT2D eigenvalue weighted by molar-refractivity contribution is 9.10. The summed E-state index contributed by atoms with van der Waals surface area (Å²) in [6, 6.07) is 13.4. The number of halogens is 1. The van der Waals surface area contributed by atoms with Crippen LogP contribution in [0.2, 0.25) is 0 Å². The van der Waals surface area contributed by atoms with Crippen molar-refractivity contribution >= 4 is 33.6 Å². The molecule has 3 amide bonds. The number of urea groups is 1. The number of rotatable bonds is 6. The van der Waals surface area contributed by atoms with Crippen molar-refractivity contribution in [3.8, 4) is 5.75 Å². The minimum atomic E-state index is -0.0801. The second-order valence-corrected chi connectivity index (χ2v) is 8.58. The largest absolute Gasteiger partial charge is 0.496 e. The fourth-order valence-electron chi connectivity index (χ4n) is 3.59. The number of methoxy groups -OCH3 is 1. The van der Waals surface area contributed by atoms with Gasteiger partial charge in [-0.3, -0.25) is 4.79 Å². The summed E-state index contributed by atoms with van der Waals surface area (Å²) in [7, 11) is 1.62. The second-order valence-electron chi connectivity index (χ2n) is 7.66. The molecule has 160 valence electrons. The quantitative estimate of drug-likeness (QED) is 0.637. The summed E-state index contributed by atoms with van der Waals surface area (Å²) in [6.45, 7) is 3.77. The lowest BCUT2D eigenvalue weighted by Crippen LogP contribution is -2.41. The summed E-state index contributed by atoms with van der Waals surface area (Å²) >= 11 is 3.45. The normalized spacial score (nSPS) is 14.3. The summed E-state index contributed by atoms with van der Waals surface area (Å²) in [5, 5.41) is 5.93. The molecule has 1 saturated heterocycles. The molecule has 0 atom stereocenters. The Labute approximate surface area is 186 Å². The first-order valence-corrected chi connectivity index (χ1v) is 11.0. The number of hydrogen-bond acceptors (Lipinski definition) is 3. The number of carbonyl (C=O) groups is 2. The zero-order valence-corrected chi connectivity index (χ0v) is 19.0. The zero-order chi connectivity index (χ0) is 21.5. The number of anilines is 1. The van der Waals surface area contributed by atoms with Crippen molar-refractivity contribution in [1.82, 2.24) is 10.2 Å². The molecule has 30 heavy (non-hydrogen) atoms. The molecule has 0 aliphatic carbocycles. The van der Waals surface area contributed by atoms with Crippen molar-refractivity contribution in [1.29, 1.82) is 0 Å². The third-order valence-electron chi connectivity index (χ3n) is 5.40. The van der Waals surface area contributed by atoms with Gasteiger partial charge in [-0.05, 0) is 56.0 Å². The SMILES string of the molecule is COc1ccc(Br)cc1CNC(=O)CC1CCN(C(=O)Nc2ccc(C)cc2)CC1. The molecule has 0 unspecified atom stereocenters. The van der Waals surface area contributed by atoms with Crippen LogP contribution in [0.1, 0.15) is 30.4 Å². The number of piperidine rings is 1. The van der Waals surface area contributed by atoms with E-state index in [0.29, 0.717) is 26.1 Å². The van der Waals surface area contributed by atoms with Crippen LogP contribution in [-0.4, -0.2) is 37.0 Å². The van der Waals surface area contributed by atoms with Crippen LogP contribution in [0.25, 0.3) is 0 Å². The summed E-state index contributed by atoms with van der Waals surface area (Å²) in [4.78, 5) is 26.7.